The number of fused-ring (bicyclic) bond motifs is 1. The van der Waals surface area contributed by atoms with Gasteiger partial charge in [-0.25, -0.2) is 0 Å². The van der Waals surface area contributed by atoms with Crippen LogP contribution in [0.1, 0.15) is 18.1 Å². The summed E-state index contributed by atoms with van der Waals surface area (Å²) in [5.74, 6) is 1.21. The number of morpholine rings is 1. The molecular weight excluding hydrogens is 370 g/mol. The third kappa shape index (κ3) is 4.44. The fourth-order valence-corrected chi connectivity index (χ4v) is 3.39. The Morgan fingerprint density at radius 3 is 2.62 bits per heavy atom. The molecule has 3 aromatic rings. The van der Waals surface area contributed by atoms with Crippen molar-refractivity contribution in [3.8, 4) is 5.75 Å². The predicted octanol–water partition coefficient (Wildman–Crippen LogP) is 3.88. The van der Waals surface area contributed by atoms with Gasteiger partial charge >= 0.3 is 0 Å². The summed E-state index contributed by atoms with van der Waals surface area (Å²) in [5, 5.41) is 0.546. The molecule has 0 amide bonds. The lowest BCUT2D eigenvalue weighted by Gasteiger charge is -2.27. The van der Waals surface area contributed by atoms with Crippen LogP contribution in [0.4, 0.5) is 5.88 Å². The molecule has 0 spiro atoms. The molecule has 1 unspecified atom stereocenters. The van der Waals surface area contributed by atoms with Crippen molar-refractivity contribution in [1.29, 1.82) is 0 Å². The number of nitrogens with zero attached hydrogens (tertiary/aromatic N) is 1. The van der Waals surface area contributed by atoms with Crippen LogP contribution in [0.25, 0.3) is 11.0 Å². The fourth-order valence-electron chi connectivity index (χ4n) is 3.39. The van der Waals surface area contributed by atoms with Crippen molar-refractivity contribution in [2.24, 2.45) is 0 Å². The van der Waals surface area contributed by atoms with Crippen LogP contribution in [-0.2, 0) is 16.1 Å². The zero-order valence-electron chi connectivity index (χ0n) is 16.7. The van der Waals surface area contributed by atoms with Gasteiger partial charge in [-0.05, 0) is 31.5 Å². The molecule has 6 heteroatoms. The van der Waals surface area contributed by atoms with E-state index in [9.17, 15) is 4.79 Å². The van der Waals surface area contributed by atoms with E-state index in [1.165, 1.54) is 0 Å². The van der Waals surface area contributed by atoms with Gasteiger partial charge in [-0.2, -0.15) is 0 Å². The highest BCUT2D eigenvalue weighted by Crippen LogP contribution is 2.29. The number of anilines is 1. The maximum Gasteiger partial charge on any atom is 0.200 e. The first-order valence-electron chi connectivity index (χ1n) is 9.84. The van der Waals surface area contributed by atoms with Crippen LogP contribution >= 0.6 is 0 Å². The van der Waals surface area contributed by atoms with Gasteiger partial charge < -0.3 is 23.5 Å². The Labute approximate surface area is 169 Å². The zero-order valence-corrected chi connectivity index (χ0v) is 16.7. The van der Waals surface area contributed by atoms with Crippen molar-refractivity contribution < 1.29 is 18.6 Å². The van der Waals surface area contributed by atoms with Crippen LogP contribution in [0, 0.1) is 6.92 Å². The standard InChI is InChI=1S/C23H25NO5/c1-16-21(28-17(2)27-15-18-6-4-3-5-7-18)9-8-19-20(25)14-22(29-23(16)19)24-10-12-26-13-11-24/h3-9,14,17H,10-13,15H2,1-2H3. The molecule has 152 valence electrons. The third-order valence-corrected chi connectivity index (χ3v) is 5.03. The summed E-state index contributed by atoms with van der Waals surface area (Å²) in [4.78, 5) is 14.6. The minimum absolute atomic E-state index is 0.0595. The monoisotopic (exact) mass is 395 g/mol. The van der Waals surface area contributed by atoms with Crippen molar-refractivity contribution in [1.82, 2.24) is 0 Å². The molecule has 0 aliphatic carbocycles. The minimum Gasteiger partial charge on any atom is -0.465 e. The molecule has 1 saturated heterocycles. The summed E-state index contributed by atoms with van der Waals surface area (Å²) in [6, 6.07) is 15.0. The number of rotatable bonds is 6. The normalized spacial score (nSPS) is 15.4. The lowest BCUT2D eigenvalue weighted by Crippen LogP contribution is -2.36. The Morgan fingerprint density at radius 1 is 1.10 bits per heavy atom. The number of hydrogen-bond acceptors (Lipinski definition) is 6. The van der Waals surface area contributed by atoms with E-state index in [0.29, 0.717) is 55.5 Å². The first-order chi connectivity index (χ1) is 14.1. The number of hydrogen-bond donors (Lipinski definition) is 0. The smallest absolute Gasteiger partial charge is 0.200 e. The fraction of sp³-hybridized carbons (Fsp3) is 0.348. The summed E-state index contributed by atoms with van der Waals surface area (Å²) in [6.45, 7) is 6.87. The van der Waals surface area contributed by atoms with E-state index in [4.69, 9.17) is 18.6 Å². The van der Waals surface area contributed by atoms with Gasteiger partial charge in [0.25, 0.3) is 0 Å². The molecule has 1 aromatic heterocycles. The van der Waals surface area contributed by atoms with Gasteiger partial charge in [0.05, 0.1) is 25.2 Å². The van der Waals surface area contributed by atoms with Crippen LogP contribution in [0.15, 0.2) is 57.7 Å². The molecule has 6 nitrogen and oxygen atoms in total. The quantitative estimate of drug-likeness (QED) is 0.591. The molecule has 1 aliphatic rings. The lowest BCUT2D eigenvalue weighted by atomic mass is 10.1. The maximum absolute atomic E-state index is 12.6. The first kappa shape index (κ1) is 19.5. The highest BCUT2D eigenvalue weighted by atomic mass is 16.7. The van der Waals surface area contributed by atoms with Crippen molar-refractivity contribution in [2.75, 3.05) is 31.2 Å². The zero-order chi connectivity index (χ0) is 20.2. The Morgan fingerprint density at radius 2 is 1.86 bits per heavy atom. The van der Waals surface area contributed by atoms with Crippen LogP contribution in [-0.4, -0.2) is 32.6 Å². The van der Waals surface area contributed by atoms with Gasteiger partial charge in [0, 0.05) is 24.7 Å². The van der Waals surface area contributed by atoms with Gasteiger partial charge in [-0.3, -0.25) is 4.79 Å². The van der Waals surface area contributed by atoms with Crippen molar-refractivity contribution >= 4 is 16.9 Å². The number of benzene rings is 2. The van der Waals surface area contributed by atoms with E-state index in [0.717, 1.165) is 11.1 Å². The average molecular weight is 395 g/mol. The molecule has 1 atom stereocenters. The minimum atomic E-state index is -0.444. The van der Waals surface area contributed by atoms with Gasteiger partial charge in [0.15, 0.2) is 17.6 Å². The largest absolute Gasteiger partial charge is 0.465 e. The van der Waals surface area contributed by atoms with Crippen LogP contribution < -0.4 is 15.1 Å². The Hall–Kier alpha value is -2.83. The molecule has 0 bridgehead atoms. The lowest BCUT2D eigenvalue weighted by molar-refractivity contribution is -0.0761. The van der Waals surface area contributed by atoms with E-state index >= 15 is 0 Å². The Bertz CT molecular complexity index is 1020. The molecule has 4 rings (SSSR count). The molecule has 2 aromatic carbocycles. The van der Waals surface area contributed by atoms with Crippen LogP contribution in [0.3, 0.4) is 0 Å². The molecule has 1 fully saturated rings. The SMILES string of the molecule is Cc1c(OC(C)OCc2ccccc2)ccc2c(=O)cc(N3CCOCC3)oc12. The highest BCUT2D eigenvalue weighted by Gasteiger charge is 2.18. The Balaban J connectivity index is 1.55. The van der Waals surface area contributed by atoms with Crippen molar-refractivity contribution in [2.45, 2.75) is 26.7 Å². The molecule has 0 saturated carbocycles. The van der Waals surface area contributed by atoms with Crippen LogP contribution in [0.2, 0.25) is 0 Å². The average Bonchev–Trinajstić information content (AvgIpc) is 2.76. The predicted molar refractivity (Wildman–Crippen MR) is 112 cm³/mol. The van der Waals surface area contributed by atoms with Crippen molar-refractivity contribution in [3.05, 3.63) is 69.9 Å². The van der Waals surface area contributed by atoms with E-state index in [1.807, 2.05) is 49.1 Å². The second kappa shape index (κ2) is 8.68. The van der Waals surface area contributed by atoms with Gasteiger partial charge in [-0.1, -0.05) is 30.3 Å². The molecule has 29 heavy (non-hydrogen) atoms. The van der Waals surface area contributed by atoms with Crippen molar-refractivity contribution in [3.63, 3.8) is 0 Å². The number of aryl methyl sites for hydroxylation is 1. The second-order valence-electron chi connectivity index (χ2n) is 7.10. The summed E-state index contributed by atoms with van der Waals surface area (Å²) < 4.78 is 23.3. The molecule has 0 N–H and O–H groups in total. The van der Waals surface area contributed by atoms with Gasteiger partial charge in [0.2, 0.25) is 0 Å². The molecule has 0 radical (unpaired) electrons. The third-order valence-electron chi connectivity index (χ3n) is 5.03. The summed E-state index contributed by atoms with van der Waals surface area (Å²) >= 11 is 0. The maximum atomic E-state index is 12.6. The second-order valence-corrected chi connectivity index (χ2v) is 7.10. The molecular formula is C23H25NO5. The van der Waals surface area contributed by atoms with E-state index in [-0.39, 0.29) is 5.43 Å². The van der Waals surface area contributed by atoms with E-state index in [2.05, 4.69) is 0 Å². The topological polar surface area (TPSA) is 61.1 Å². The Kier molecular flexibility index (Phi) is 5.83. The highest BCUT2D eigenvalue weighted by molar-refractivity contribution is 5.82. The van der Waals surface area contributed by atoms with Gasteiger partial charge in [0.1, 0.15) is 11.3 Å². The van der Waals surface area contributed by atoms with E-state index in [1.54, 1.807) is 18.2 Å². The van der Waals surface area contributed by atoms with Gasteiger partial charge in [-0.15, -0.1) is 0 Å². The summed E-state index contributed by atoms with van der Waals surface area (Å²) in [7, 11) is 0. The first-order valence-corrected chi connectivity index (χ1v) is 9.84. The summed E-state index contributed by atoms with van der Waals surface area (Å²) in [6.07, 6.45) is -0.444. The number of ether oxygens (including phenoxy) is 3. The molecule has 2 heterocycles. The van der Waals surface area contributed by atoms with E-state index < -0.39 is 6.29 Å². The summed E-state index contributed by atoms with van der Waals surface area (Å²) in [5.41, 5.74) is 2.35. The van der Waals surface area contributed by atoms with Crippen LogP contribution in [0.5, 0.6) is 5.75 Å². The molecule has 1 aliphatic heterocycles.